The van der Waals surface area contributed by atoms with E-state index in [9.17, 15) is 14.7 Å². The second-order valence-corrected chi connectivity index (χ2v) is 5.85. The minimum atomic E-state index is -0.358. The molecule has 0 bridgehead atoms. The first-order chi connectivity index (χ1) is 10.6. The van der Waals surface area contributed by atoms with Gasteiger partial charge in [-0.2, -0.15) is 0 Å². The van der Waals surface area contributed by atoms with Gasteiger partial charge in [0, 0.05) is 37.5 Å². The normalized spacial score (nSPS) is 19.0. The van der Waals surface area contributed by atoms with Gasteiger partial charge in [0.25, 0.3) is 5.91 Å². The van der Waals surface area contributed by atoms with Gasteiger partial charge < -0.3 is 15.3 Å². The van der Waals surface area contributed by atoms with Crippen LogP contribution in [0.1, 0.15) is 36.5 Å². The van der Waals surface area contributed by atoms with E-state index in [1.807, 2.05) is 23.1 Å². The van der Waals surface area contributed by atoms with Crippen LogP contribution in [0.25, 0.3) is 0 Å². The summed E-state index contributed by atoms with van der Waals surface area (Å²) in [6.07, 6.45) is 1.58. The van der Waals surface area contributed by atoms with E-state index >= 15 is 0 Å². The van der Waals surface area contributed by atoms with Crippen molar-refractivity contribution in [1.29, 1.82) is 0 Å². The highest BCUT2D eigenvalue weighted by Crippen LogP contribution is 2.20. The van der Waals surface area contributed by atoms with E-state index in [0.29, 0.717) is 31.5 Å². The molecule has 5 heteroatoms. The van der Waals surface area contributed by atoms with Crippen molar-refractivity contribution in [3.8, 4) is 0 Å². The number of carbonyl (C=O) groups excluding carboxylic acids is 2. The molecule has 2 unspecified atom stereocenters. The van der Waals surface area contributed by atoms with E-state index < -0.39 is 0 Å². The average molecular weight is 304 g/mol. The van der Waals surface area contributed by atoms with Crippen molar-refractivity contribution >= 4 is 11.8 Å². The molecule has 0 aromatic heterocycles. The maximum Gasteiger partial charge on any atom is 0.251 e. The fourth-order valence-electron chi connectivity index (χ4n) is 2.70. The molecule has 1 aromatic carbocycles. The first-order valence-electron chi connectivity index (χ1n) is 7.87. The number of nitrogens with one attached hydrogen (secondary N) is 1. The molecule has 2 amide bonds. The highest BCUT2D eigenvalue weighted by Gasteiger charge is 2.28. The van der Waals surface area contributed by atoms with Crippen molar-refractivity contribution in [2.75, 3.05) is 19.6 Å². The van der Waals surface area contributed by atoms with Crippen LogP contribution < -0.4 is 5.32 Å². The molecule has 0 spiro atoms. The highest BCUT2D eigenvalue weighted by molar-refractivity contribution is 5.94. The summed E-state index contributed by atoms with van der Waals surface area (Å²) in [5.41, 5.74) is 0.633. The predicted molar refractivity (Wildman–Crippen MR) is 84.4 cm³/mol. The number of aliphatic hydroxyl groups is 1. The second kappa shape index (κ2) is 7.94. The number of nitrogens with zero attached hydrogens (tertiary/aromatic N) is 1. The molecule has 0 aliphatic carbocycles. The van der Waals surface area contributed by atoms with Gasteiger partial charge in [0.05, 0.1) is 6.10 Å². The lowest BCUT2D eigenvalue weighted by molar-refractivity contribution is -0.130. The Balaban J connectivity index is 1.65. The van der Waals surface area contributed by atoms with Crippen LogP contribution in [0.3, 0.4) is 0 Å². The number of carbonyl (C=O) groups is 2. The summed E-state index contributed by atoms with van der Waals surface area (Å²) >= 11 is 0. The van der Waals surface area contributed by atoms with E-state index in [4.69, 9.17) is 0 Å². The van der Waals surface area contributed by atoms with Crippen LogP contribution in [-0.2, 0) is 4.79 Å². The fourth-order valence-corrected chi connectivity index (χ4v) is 2.70. The fraction of sp³-hybridized carbons (Fsp3) is 0.529. The molecule has 0 saturated carbocycles. The zero-order valence-corrected chi connectivity index (χ0v) is 13.0. The Morgan fingerprint density at radius 2 is 2.09 bits per heavy atom. The SMILES string of the molecule is CC(O)C1CCN(C(=O)CCCNC(=O)c2ccccc2)C1. The number of aliphatic hydroxyl groups excluding tert-OH is 1. The van der Waals surface area contributed by atoms with Crippen LogP contribution in [0.15, 0.2) is 30.3 Å². The van der Waals surface area contributed by atoms with Crippen molar-refractivity contribution in [2.45, 2.75) is 32.3 Å². The Kier molecular flexibility index (Phi) is 5.95. The summed E-state index contributed by atoms with van der Waals surface area (Å²) in [6, 6.07) is 9.04. The van der Waals surface area contributed by atoms with Crippen molar-refractivity contribution < 1.29 is 14.7 Å². The molecule has 22 heavy (non-hydrogen) atoms. The number of likely N-dealkylation sites (tertiary alicyclic amines) is 1. The molecule has 0 radical (unpaired) electrons. The molecule has 2 rings (SSSR count). The Morgan fingerprint density at radius 3 is 2.73 bits per heavy atom. The maximum absolute atomic E-state index is 12.1. The first-order valence-corrected chi connectivity index (χ1v) is 7.87. The minimum absolute atomic E-state index is 0.108. The second-order valence-electron chi connectivity index (χ2n) is 5.85. The van der Waals surface area contributed by atoms with Crippen LogP contribution in [0, 0.1) is 5.92 Å². The number of benzene rings is 1. The highest BCUT2D eigenvalue weighted by atomic mass is 16.3. The quantitative estimate of drug-likeness (QED) is 0.781. The van der Waals surface area contributed by atoms with E-state index in [0.717, 1.165) is 13.0 Å². The zero-order valence-electron chi connectivity index (χ0n) is 13.0. The summed E-state index contributed by atoms with van der Waals surface area (Å²) in [7, 11) is 0. The van der Waals surface area contributed by atoms with Gasteiger partial charge in [-0.05, 0) is 31.9 Å². The molecule has 1 aliphatic heterocycles. The Morgan fingerprint density at radius 1 is 1.36 bits per heavy atom. The van der Waals surface area contributed by atoms with Gasteiger partial charge in [-0.3, -0.25) is 9.59 Å². The summed E-state index contributed by atoms with van der Waals surface area (Å²) in [5.74, 6) is 0.197. The topological polar surface area (TPSA) is 69.6 Å². The molecule has 1 aromatic rings. The van der Waals surface area contributed by atoms with E-state index in [2.05, 4.69) is 5.32 Å². The lowest BCUT2D eigenvalue weighted by Gasteiger charge is -2.17. The molecule has 1 fully saturated rings. The Hall–Kier alpha value is -1.88. The van der Waals surface area contributed by atoms with Crippen LogP contribution in [0.4, 0.5) is 0 Å². The molecular formula is C17H24N2O3. The lowest BCUT2D eigenvalue weighted by Crippen LogP contribution is -2.31. The molecule has 5 nitrogen and oxygen atoms in total. The third-order valence-electron chi connectivity index (χ3n) is 4.15. The van der Waals surface area contributed by atoms with Crippen LogP contribution in [-0.4, -0.2) is 47.6 Å². The number of hydrogen-bond acceptors (Lipinski definition) is 3. The molecule has 1 saturated heterocycles. The standard InChI is InChI=1S/C17H24N2O3/c1-13(20)15-9-11-19(12-15)16(21)8-5-10-18-17(22)14-6-3-2-4-7-14/h2-4,6-7,13,15,20H,5,8-12H2,1H3,(H,18,22). The van der Waals surface area contributed by atoms with Crippen molar-refractivity contribution in [2.24, 2.45) is 5.92 Å². The van der Waals surface area contributed by atoms with E-state index in [1.54, 1.807) is 19.1 Å². The molecular weight excluding hydrogens is 280 g/mol. The number of rotatable bonds is 6. The van der Waals surface area contributed by atoms with Gasteiger partial charge in [0.2, 0.25) is 5.91 Å². The lowest BCUT2D eigenvalue weighted by atomic mass is 10.0. The Labute approximate surface area is 131 Å². The van der Waals surface area contributed by atoms with Gasteiger partial charge in [-0.1, -0.05) is 18.2 Å². The van der Waals surface area contributed by atoms with Gasteiger partial charge >= 0.3 is 0 Å². The van der Waals surface area contributed by atoms with Gasteiger partial charge in [0.15, 0.2) is 0 Å². The van der Waals surface area contributed by atoms with Gasteiger partial charge in [-0.25, -0.2) is 0 Å². The van der Waals surface area contributed by atoms with Crippen LogP contribution in [0.5, 0.6) is 0 Å². The van der Waals surface area contributed by atoms with E-state index in [-0.39, 0.29) is 23.8 Å². The smallest absolute Gasteiger partial charge is 0.251 e. The van der Waals surface area contributed by atoms with Crippen LogP contribution >= 0.6 is 0 Å². The predicted octanol–water partition coefficient (Wildman–Crippen LogP) is 1.43. The molecule has 2 N–H and O–H groups in total. The van der Waals surface area contributed by atoms with Gasteiger partial charge in [0.1, 0.15) is 0 Å². The molecule has 2 atom stereocenters. The summed E-state index contributed by atoms with van der Waals surface area (Å²) in [5, 5.41) is 12.4. The molecule has 1 heterocycles. The van der Waals surface area contributed by atoms with Crippen molar-refractivity contribution in [3.05, 3.63) is 35.9 Å². The summed E-state index contributed by atoms with van der Waals surface area (Å²) in [6.45, 7) is 3.64. The summed E-state index contributed by atoms with van der Waals surface area (Å²) in [4.78, 5) is 25.7. The number of amides is 2. The third-order valence-corrected chi connectivity index (χ3v) is 4.15. The third kappa shape index (κ3) is 4.56. The van der Waals surface area contributed by atoms with Gasteiger partial charge in [-0.15, -0.1) is 0 Å². The first kappa shape index (κ1) is 16.5. The average Bonchev–Trinajstić information content (AvgIpc) is 3.02. The monoisotopic (exact) mass is 304 g/mol. The number of hydrogen-bond donors (Lipinski definition) is 2. The van der Waals surface area contributed by atoms with Crippen LogP contribution in [0.2, 0.25) is 0 Å². The zero-order chi connectivity index (χ0) is 15.9. The minimum Gasteiger partial charge on any atom is -0.393 e. The maximum atomic E-state index is 12.1. The molecule has 120 valence electrons. The summed E-state index contributed by atoms with van der Waals surface area (Å²) < 4.78 is 0. The largest absolute Gasteiger partial charge is 0.393 e. The van der Waals surface area contributed by atoms with Crippen molar-refractivity contribution in [3.63, 3.8) is 0 Å². The van der Waals surface area contributed by atoms with E-state index in [1.165, 1.54) is 0 Å². The van der Waals surface area contributed by atoms with Crippen molar-refractivity contribution in [1.82, 2.24) is 10.2 Å². The Bertz CT molecular complexity index is 502. The molecule has 1 aliphatic rings.